The van der Waals surface area contributed by atoms with Crippen molar-refractivity contribution in [1.82, 2.24) is 0 Å². The standard InChI is InChI=1S/C15H18O3S/c1-11-13(7-4-5-10-19-12(2)16)8-6-9-14(11)15(17)18-3/h4,6-9H,5,10H2,1-3H3. The number of hydrogen-bond acceptors (Lipinski definition) is 4. The van der Waals surface area contributed by atoms with Crippen LogP contribution in [-0.4, -0.2) is 23.9 Å². The summed E-state index contributed by atoms with van der Waals surface area (Å²) in [6.45, 7) is 3.47. The van der Waals surface area contributed by atoms with E-state index in [2.05, 4.69) is 0 Å². The predicted molar refractivity (Wildman–Crippen MR) is 79.3 cm³/mol. The number of esters is 1. The molecule has 0 aliphatic carbocycles. The molecule has 0 N–H and O–H groups in total. The molecule has 0 saturated carbocycles. The van der Waals surface area contributed by atoms with Crippen molar-refractivity contribution in [1.29, 1.82) is 0 Å². The molecule has 0 unspecified atom stereocenters. The number of benzene rings is 1. The van der Waals surface area contributed by atoms with Crippen LogP contribution >= 0.6 is 11.8 Å². The smallest absolute Gasteiger partial charge is 0.338 e. The molecule has 1 aromatic carbocycles. The van der Waals surface area contributed by atoms with Crippen LogP contribution < -0.4 is 0 Å². The lowest BCUT2D eigenvalue weighted by Gasteiger charge is -2.06. The zero-order chi connectivity index (χ0) is 14.3. The van der Waals surface area contributed by atoms with Gasteiger partial charge in [-0.1, -0.05) is 36.0 Å². The highest BCUT2D eigenvalue weighted by Gasteiger charge is 2.09. The number of carbonyl (C=O) groups excluding carboxylic acids is 2. The minimum atomic E-state index is -0.320. The van der Waals surface area contributed by atoms with Crippen LogP contribution in [0.4, 0.5) is 0 Å². The molecule has 0 bridgehead atoms. The maximum absolute atomic E-state index is 11.6. The van der Waals surface area contributed by atoms with Gasteiger partial charge in [0, 0.05) is 12.7 Å². The van der Waals surface area contributed by atoms with E-state index in [1.54, 1.807) is 13.0 Å². The molecule has 0 amide bonds. The van der Waals surface area contributed by atoms with Crippen molar-refractivity contribution in [3.05, 3.63) is 41.0 Å². The van der Waals surface area contributed by atoms with E-state index in [-0.39, 0.29) is 11.1 Å². The molecule has 19 heavy (non-hydrogen) atoms. The Morgan fingerprint density at radius 3 is 2.74 bits per heavy atom. The fourth-order valence-corrected chi connectivity index (χ4v) is 2.19. The van der Waals surface area contributed by atoms with E-state index in [0.717, 1.165) is 23.3 Å². The summed E-state index contributed by atoms with van der Waals surface area (Å²) >= 11 is 1.32. The van der Waals surface area contributed by atoms with Gasteiger partial charge in [0.25, 0.3) is 0 Å². The minimum Gasteiger partial charge on any atom is -0.465 e. The second kappa shape index (κ2) is 7.79. The van der Waals surface area contributed by atoms with Crippen molar-refractivity contribution >= 4 is 28.9 Å². The Labute approximate surface area is 118 Å². The lowest BCUT2D eigenvalue weighted by molar-refractivity contribution is -0.109. The molecule has 4 heteroatoms. The highest BCUT2D eigenvalue weighted by Crippen LogP contribution is 2.16. The topological polar surface area (TPSA) is 43.4 Å². The average Bonchev–Trinajstić information content (AvgIpc) is 2.39. The maximum atomic E-state index is 11.6. The Morgan fingerprint density at radius 2 is 2.11 bits per heavy atom. The van der Waals surface area contributed by atoms with Crippen LogP contribution in [0, 0.1) is 6.92 Å². The fraction of sp³-hybridized carbons (Fsp3) is 0.333. The highest BCUT2D eigenvalue weighted by molar-refractivity contribution is 8.13. The van der Waals surface area contributed by atoms with Gasteiger partial charge in [-0.3, -0.25) is 4.79 Å². The van der Waals surface area contributed by atoms with Crippen LogP contribution in [0.3, 0.4) is 0 Å². The number of methoxy groups -OCH3 is 1. The van der Waals surface area contributed by atoms with E-state index < -0.39 is 0 Å². The molecule has 0 atom stereocenters. The van der Waals surface area contributed by atoms with Crippen molar-refractivity contribution < 1.29 is 14.3 Å². The molecule has 0 saturated heterocycles. The SMILES string of the molecule is COC(=O)c1cccc(C=CCCSC(C)=O)c1C. The largest absolute Gasteiger partial charge is 0.465 e. The monoisotopic (exact) mass is 278 g/mol. The molecule has 0 aliphatic rings. The van der Waals surface area contributed by atoms with Crippen molar-refractivity contribution in [2.24, 2.45) is 0 Å². The third-order valence-electron chi connectivity index (χ3n) is 2.67. The first kappa shape index (κ1) is 15.5. The van der Waals surface area contributed by atoms with E-state index in [9.17, 15) is 9.59 Å². The van der Waals surface area contributed by atoms with E-state index in [1.165, 1.54) is 18.9 Å². The number of ether oxygens (including phenoxy) is 1. The molecule has 0 spiro atoms. The van der Waals surface area contributed by atoms with Crippen molar-refractivity contribution in [3.8, 4) is 0 Å². The van der Waals surface area contributed by atoms with Crippen LogP contribution in [0.25, 0.3) is 6.08 Å². The molecule has 0 heterocycles. The maximum Gasteiger partial charge on any atom is 0.338 e. The lowest BCUT2D eigenvalue weighted by Crippen LogP contribution is -2.04. The number of allylic oxidation sites excluding steroid dienone is 1. The van der Waals surface area contributed by atoms with Gasteiger partial charge in [0.2, 0.25) is 0 Å². The van der Waals surface area contributed by atoms with Crippen LogP contribution in [0.1, 0.15) is 34.8 Å². The van der Waals surface area contributed by atoms with Gasteiger partial charge in [0.15, 0.2) is 5.12 Å². The summed E-state index contributed by atoms with van der Waals surface area (Å²) in [6.07, 6.45) is 4.81. The summed E-state index contributed by atoms with van der Waals surface area (Å²) in [5, 5.41) is 0.136. The van der Waals surface area contributed by atoms with Gasteiger partial charge in [0.05, 0.1) is 12.7 Å². The van der Waals surface area contributed by atoms with E-state index in [0.29, 0.717) is 5.56 Å². The molecule has 0 fully saturated rings. The van der Waals surface area contributed by atoms with Crippen molar-refractivity contribution in [2.45, 2.75) is 20.3 Å². The molecule has 3 nitrogen and oxygen atoms in total. The molecule has 0 radical (unpaired) electrons. The zero-order valence-corrected chi connectivity index (χ0v) is 12.3. The Morgan fingerprint density at radius 1 is 1.37 bits per heavy atom. The van der Waals surface area contributed by atoms with Gasteiger partial charge >= 0.3 is 5.97 Å². The van der Waals surface area contributed by atoms with Crippen LogP contribution in [0.2, 0.25) is 0 Å². The minimum absolute atomic E-state index is 0.136. The van der Waals surface area contributed by atoms with E-state index in [4.69, 9.17) is 4.74 Å². The Bertz CT molecular complexity index is 492. The lowest BCUT2D eigenvalue weighted by atomic mass is 10.0. The molecule has 0 aliphatic heterocycles. The summed E-state index contributed by atoms with van der Waals surface area (Å²) < 4.78 is 4.74. The number of rotatable bonds is 5. The third kappa shape index (κ3) is 4.91. The Balaban J connectivity index is 2.71. The number of carbonyl (C=O) groups is 2. The first-order valence-corrected chi connectivity index (χ1v) is 7.02. The van der Waals surface area contributed by atoms with Gasteiger partial charge in [0.1, 0.15) is 0 Å². The average molecular weight is 278 g/mol. The molecule has 0 aromatic heterocycles. The summed E-state index contributed by atoms with van der Waals surface area (Å²) in [4.78, 5) is 22.3. The van der Waals surface area contributed by atoms with Crippen LogP contribution in [-0.2, 0) is 9.53 Å². The predicted octanol–water partition coefficient (Wildman–Crippen LogP) is 3.46. The second-order valence-corrected chi connectivity index (χ2v) is 5.31. The molecular weight excluding hydrogens is 260 g/mol. The molecule has 1 aromatic rings. The van der Waals surface area contributed by atoms with Gasteiger partial charge in [-0.25, -0.2) is 4.79 Å². The Kier molecular flexibility index (Phi) is 6.36. The molecule has 1 rings (SSSR count). The molecule has 102 valence electrons. The Hall–Kier alpha value is -1.55. The summed E-state index contributed by atoms with van der Waals surface area (Å²) in [5.74, 6) is 0.460. The van der Waals surface area contributed by atoms with Gasteiger partial charge < -0.3 is 4.74 Å². The van der Waals surface area contributed by atoms with E-state index in [1.807, 2.05) is 31.2 Å². The zero-order valence-electron chi connectivity index (χ0n) is 11.4. The molecular formula is C15H18O3S. The summed E-state index contributed by atoms with van der Waals surface area (Å²) in [6, 6.07) is 5.55. The third-order valence-corrected chi connectivity index (χ3v) is 3.51. The van der Waals surface area contributed by atoms with Crippen molar-refractivity contribution in [3.63, 3.8) is 0 Å². The summed E-state index contributed by atoms with van der Waals surface area (Å²) in [7, 11) is 1.38. The van der Waals surface area contributed by atoms with Gasteiger partial charge in [-0.05, 0) is 30.5 Å². The first-order valence-electron chi connectivity index (χ1n) is 6.04. The first-order chi connectivity index (χ1) is 9.06. The van der Waals surface area contributed by atoms with Crippen LogP contribution in [0.15, 0.2) is 24.3 Å². The summed E-state index contributed by atoms with van der Waals surface area (Å²) in [5.41, 5.74) is 2.49. The van der Waals surface area contributed by atoms with Crippen molar-refractivity contribution in [2.75, 3.05) is 12.9 Å². The fourth-order valence-electron chi connectivity index (χ4n) is 1.65. The van der Waals surface area contributed by atoms with E-state index >= 15 is 0 Å². The van der Waals surface area contributed by atoms with Gasteiger partial charge in [-0.2, -0.15) is 0 Å². The second-order valence-electron chi connectivity index (χ2n) is 4.04. The number of hydrogen-bond donors (Lipinski definition) is 0. The number of thioether (sulfide) groups is 1. The quantitative estimate of drug-likeness (QED) is 0.611. The normalized spacial score (nSPS) is 10.7. The van der Waals surface area contributed by atoms with Crippen LogP contribution in [0.5, 0.6) is 0 Å². The highest BCUT2D eigenvalue weighted by atomic mass is 32.2. The van der Waals surface area contributed by atoms with Gasteiger partial charge in [-0.15, -0.1) is 0 Å².